The molecule has 0 bridgehead atoms. The average molecular weight is 214 g/mol. The molecule has 0 fully saturated rings. The van der Waals surface area contributed by atoms with E-state index in [2.05, 4.69) is 6.58 Å². The summed E-state index contributed by atoms with van der Waals surface area (Å²) in [6.07, 6.45) is 1.64. The molecule has 82 valence electrons. The van der Waals surface area contributed by atoms with Crippen LogP contribution in [-0.2, 0) is 4.79 Å². The minimum Gasteiger partial charge on any atom is -0.399 e. The van der Waals surface area contributed by atoms with Crippen molar-refractivity contribution < 1.29 is 4.79 Å². The Hall–Kier alpha value is -2.03. The second-order valence-electron chi connectivity index (χ2n) is 3.96. The second-order valence-corrected chi connectivity index (χ2v) is 3.96. The van der Waals surface area contributed by atoms with Crippen LogP contribution in [0, 0.1) is 0 Å². The average Bonchev–Trinajstić information content (AvgIpc) is 2.25. The number of rotatable bonds is 1. The summed E-state index contributed by atoms with van der Waals surface area (Å²) in [6.45, 7) is 4.42. The van der Waals surface area contributed by atoms with Crippen molar-refractivity contribution in [3.63, 3.8) is 0 Å². The number of carbonyl (C=O) groups excluding carboxylic acids is 1. The predicted molar refractivity (Wildman–Crippen MR) is 65.6 cm³/mol. The van der Waals surface area contributed by atoms with Crippen LogP contribution in [0.2, 0.25) is 0 Å². The number of ketones is 1. The van der Waals surface area contributed by atoms with Crippen LogP contribution in [0.15, 0.2) is 42.6 Å². The van der Waals surface area contributed by atoms with Crippen molar-refractivity contribution in [1.29, 1.82) is 0 Å². The molecule has 2 N–H and O–H groups in total. The van der Waals surface area contributed by atoms with Crippen molar-refractivity contribution in [3.05, 3.63) is 48.2 Å². The summed E-state index contributed by atoms with van der Waals surface area (Å²) < 4.78 is 0. The zero-order valence-corrected chi connectivity index (χ0v) is 9.23. The van der Waals surface area contributed by atoms with Crippen molar-refractivity contribution in [2.75, 3.05) is 19.3 Å². The summed E-state index contributed by atoms with van der Waals surface area (Å²) in [6, 6.07) is 7.55. The lowest BCUT2D eigenvalue weighted by Gasteiger charge is -2.26. The molecule has 0 spiro atoms. The van der Waals surface area contributed by atoms with E-state index in [4.69, 9.17) is 5.73 Å². The highest BCUT2D eigenvalue weighted by molar-refractivity contribution is 6.09. The zero-order chi connectivity index (χ0) is 11.7. The van der Waals surface area contributed by atoms with Crippen LogP contribution in [0.5, 0.6) is 0 Å². The predicted octanol–water partition coefficient (Wildman–Crippen LogP) is 1.68. The highest BCUT2D eigenvalue weighted by Crippen LogP contribution is 2.23. The Morgan fingerprint density at radius 1 is 1.44 bits per heavy atom. The van der Waals surface area contributed by atoms with Crippen molar-refractivity contribution in [1.82, 2.24) is 4.90 Å². The van der Waals surface area contributed by atoms with Crippen molar-refractivity contribution >= 4 is 17.0 Å². The first-order valence-corrected chi connectivity index (χ1v) is 5.09. The first-order chi connectivity index (χ1) is 7.58. The van der Waals surface area contributed by atoms with Gasteiger partial charge in [-0.2, -0.15) is 0 Å². The third-order valence-corrected chi connectivity index (χ3v) is 2.72. The smallest absolute Gasteiger partial charge is 0.201 e. The third-order valence-electron chi connectivity index (χ3n) is 2.72. The van der Waals surface area contributed by atoms with Gasteiger partial charge in [0.15, 0.2) is 0 Å². The van der Waals surface area contributed by atoms with E-state index in [-0.39, 0.29) is 5.78 Å². The van der Waals surface area contributed by atoms with E-state index in [1.807, 2.05) is 36.2 Å². The first kappa shape index (κ1) is 10.5. The summed E-state index contributed by atoms with van der Waals surface area (Å²) in [7, 11) is 1.86. The monoisotopic (exact) mass is 214 g/mol. The summed E-state index contributed by atoms with van der Waals surface area (Å²) >= 11 is 0. The molecule has 0 aromatic heterocycles. The van der Waals surface area contributed by atoms with Gasteiger partial charge in [0.05, 0.1) is 5.70 Å². The minimum absolute atomic E-state index is 0.0359. The van der Waals surface area contributed by atoms with Gasteiger partial charge < -0.3 is 10.6 Å². The lowest BCUT2D eigenvalue weighted by atomic mass is 9.99. The Morgan fingerprint density at radius 2 is 2.19 bits per heavy atom. The van der Waals surface area contributed by atoms with Gasteiger partial charge in [-0.15, -0.1) is 0 Å². The molecule has 0 saturated carbocycles. The fourth-order valence-corrected chi connectivity index (χ4v) is 1.74. The normalized spacial score (nSPS) is 16.3. The molecule has 1 aromatic carbocycles. The lowest BCUT2D eigenvalue weighted by Crippen LogP contribution is -2.28. The minimum atomic E-state index is -0.0359. The summed E-state index contributed by atoms with van der Waals surface area (Å²) in [5.74, 6) is -0.0359. The Balaban J connectivity index is 2.39. The maximum atomic E-state index is 11.6. The number of nitrogens with two attached hydrogens (primary N) is 1. The van der Waals surface area contributed by atoms with Gasteiger partial charge in [0.2, 0.25) is 5.78 Å². The van der Waals surface area contributed by atoms with E-state index in [0.717, 1.165) is 11.1 Å². The van der Waals surface area contributed by atoms with Crippen LogP contribution < -0.4 is 5.73 Å². The molecular weight excluding hydrogens is 200 g/mol. The fraction of sp³-hybridized carbons (Fsp3) is 0.154. The highest BCUT2D eigenvalue weighted by Gasteiger charge is 2.19. The number of allylic oxidation sites excluding steroid dienone is 1. The van der Waals surface area contributed by atoms with Gasteiger partial charge in [-0.1, -0.05) is 18.7 Å². The van der Waals surface area contributed by atoms with Crippen LogP contribution in [-0.4, -0.2) is 24.3 Å². The number of hydrogen-bond donors (Lipinski definition) is 1. The topological polar surface area (TPSA) is 46.3 Å². The molecule has 1 aromatic rings. The number of anilines is 1. The Labute approximate surface area is 94.9 Å². The van der Waals surface area contributed by atoms with E-state index in [1.54, 1.807) is 6.08 Å². The molecule has 1 aliphatic heterocycles. The van der Waals surface area contributed by atoms with Crippen LogP contribution in [0.3, 0.4) is 0 Å². The molecule has 0 unspecified atom stereocenters. The molecule has 1 aliphatic rings. The van der Waals surface area contributed by atoms with E-state index in [0.29, 0.717) is 17.9 Å². The maximum Gasteiger partial charge on any atom is 0.201 e. The van der Waals surface area contributed by atoms with Crippen LogP contribution in [0.1, 0.15) is 5.56 Å². The Bertz CT molecular complexity index is 488. The number of nitrogens with zero attached hydrogens (tertiary/aromatic N) is 1. The maximum absolute atomic E-state index is 11.6. The van der Waals surface area contributed by atoms with Gasteiger partial charge in [0.1, 0.15) is 0 Å². The van der Waals surface area contributed by atoms with Crippen molar-refractivity contribution in [3.8, 4) is 0 Å². The standard InChI is InChI=1S/C13H14N2O/c1-9-13(16)7-11(8-15(9)2)10-4-3-5-12(14)6-10/h3-7H,1,8,14H2,2H3. The van der Waals surface area contributed by atoms with Gasteiger partial charge >= 0.3 is 0 Å². The molecule has 3 nitrogen and oxygen atoms in total. The lowest BCUT2D eigenvalue weighted by molar-refractivity contribution is -0.112. The molecule has 0 amide bonds. The van der Waals surface area contributed by atoms with Crippen molar-refractivity contribution in [2.24, 2.45) is 0 Å². The van der Waals surface area contributed by atoms with Crippen molar-refractivity contribution in [2.45, 2.75) is 0 Å². The number of carbonyl (C=O) groups is 1. The molecule has 0 radical (unpaired) electrons. The molecule has 3 heteroatoms. The van der Waals surface area contributed by atoms with E-state index in [9.17, 15) is 4.79 Å². The summed E-state index contributed by atoms with van der Waals surface area (Å²) in [4.78, 5) is 13.5. The van der Waals surface area contributed by atoms with Crippen LogP contribution in [0.25, 0.3) is 5.57 Å². The highest BCUT2D eigenvalue weighted by atomic mass is 16.1. The number of hydrogen-bond acceptors (Lipinski definition) is 3. The van der Waals surface area contributed by atoms with E-state index < -0.39 is 0 Å². The van der Waals surface area contributed by atoms with Gasteiger partial charge in [0.25, 0.3) is 0 Å². The molecule has 0 saturated heterocycles. The molecule has 0 atom stereocenters. The SMILES string of the molecule is C=C1C(=O)C=C(c2cccc(N)c2)CN1C. The fourth-order valence-electron chi connectivity index (χ4n) is 1.74. The number of nitrogen functional groups attached to an aromatic ring is 1. The number of benzene rings is 1. The molecular formula is C13H14N2O. The molecule has 16 heavy (non-hydrogen) atoms. The van der Waals surface area contributed by atoms with Gasteiger partial charge in [0, 0.05) is 19.3 Å². The largest absolute Gasteiger partial charge is 0.399 e. The quantitative estimate of drug-likeness (QED) is 0.571. The second kappa shape index (κ2) is 3.85. The summed E-state index contributed by atoms with van der Waals surface area (Å²) in [5, 5.41) is 0. The van der Waals surface area contributed by atoms with E-state index in [1.165, 1.54) is 0 Å². The number of likely N-dealkylation sites (N-methyl/N-ethyl adjacent to an activating group) is 1. The van der Waals surface area contributed by atoms with E-state index >= 15 is 0 Å². The molecule has 2 rings (SSSR count). The summed E-state index contributed by atoms with van der Waals surface area (Å²) in [5.41, 5.74) is 8.93. The molecule has 1 heterocycles. The molecule has 0 aliphatic carbocycles. The zero-order valence-electron chi connectivity index (χ0n) is 9.23. The third kappa shape index (κ3) is 1.84. The van der Waals surface area contributed by atoms with Gasteiger partial charge in [-0.3, -0.25) is 4.79 Å². The van der Waals surface area contributed by atoms with Crippen LogP contribution in [0.4, 0.5) is 5.69 Å². The van der Waals surface area contributed by atoms with Gasteiger partial charge in [-0.25, -0.2) is 0 Å². The first-order valence-electron chi connectivity index (χ1n) is 5.09. The van der Waals surface area contributed by atoms with Crippen LogP contribution >= 0.6 is 0 Å². The Kier molecular flexibility index (Phi) is 2.52. The van der Waals surface area contributed by atoms with Gasteiger partial charge in [-0.05, 0) is 29.3 Å². The Morgan fingerprint density at radius 3 is 2.81 bits per heavy atom.